The number of hydrogen-bond acceptors (Lipinski definition) is 4. The highest BCUT2D eigenvalue weighted by atomic mass is 16.2. The van der Waals surface area contributed by atoms with Gasteiger partial charge in [0.05, 0.1) is 11.9 Å². The Bertz CT molecular complexity index is 820. The lowest BCUT2D eigenvalue weighted by Gasteiger charge is -2.20. The maximum atomic E-state index is 12.7. The molecule has 0 unspecified atom stereocenters. The second-order valence-electron chi connectivity index (χ2n) is 5.95. The van der Waals surface area contributed by atoms with Gasteiger partial charge in [0.2, 0.25) is 0 Å². The number of carbonyl (C=O) groups excluding carboxylic acids is 1. The molecule has 0 spiro atoms. The molecule has 0 saturated carbocycles. The number of nitrogens with one attached hydrogen (secondary N) is 1. The molecular formula is C21H22N4O. The highest BCUT2D eigenvalue weighted by molar-refractivity contribution is 5.92. The van der Waals surface area contributed by atoms with Crippen LogP contribution in [0.3, 0.4) is 0 Å². The van der Waals surface area contributed by atoms with Crippen molar-refractivity contribution < 1.29 is 4.79 Å². The molecule has 0 aliphatic rings. The summed E-state index contributed by atoms with van der Waals surface area (Å²) in [5, 5.41) is 3.28. The molecule has 0 aliphatic carbocycles. The number of pyridine rings is 2. The molecule has 5 nitrogen and oxygen atoms in total. The van der Waals surface area contributed by atoms with Crippen LogP contribution in [0.15, 0.2) is 73.2 Å². The van der Waals surface area contributed by atoms with E-state index in [2.05, 4.69) is 15.3 Å². The van der Waals surface area contributed by atoms with Gasteiger partial charge in [0.25, 0.3) is 5.91 Å². The smallest absolute Gasteiger partial charge is 0.272 e. The molecule has 0 atom stereocenters. The number of carbonyl (C=O) groups is 1. The number of amides is 1. The summed E-state index contributed by atoms with van der Waals surface area (Å²) in [7, 11) is 0. The molecule has 1 amide bonds. The van der Waals surface area contributed by atoms with Gasteiger partial charge in [0, 0.05) is 32.0 Å². The number of hydrogen-bond donors (Lipinski definition) is 1. The van der Waals surface area contributed by atoms with Crippen LogP contribution in [-0.2, 0) is 13.1 Å². The second-order valence-corrected chi connectivity index (χ2v) is 5.95. The van der Waals surface area contributed by atoms with E-state index >= 15 is 0 Å². The van der Waals surface area contributed by atoms with Crippen molar-refractivity contribution in [1.82, 2.24) is 14.9 Å². The molecule has 0 radical (unpaired) electrons. The molecule has 0 saturated heterocycles. The van der Waals surface area contributed by atoms with Crippen molar-refractivity contribution in [2.75, 3.05) is 11.9 Å². The van der Waals surface area contributed by atoms with Crippen molar-refractivity contribution in [3.05, 3.63) is 90.0 Å². The first kappa shape index (κ1) is 17.6. The van der Waals surface area contributed by atoms with Gasteiger partial charge in [-0.1, -0.05) is 36.4 Å². The lowest BCUT2D eigenvalue weighted by molar-refractivity contribution is 0.0746. The highest BCUT2D eigenvalue weighted by Gasteiger charge is 2.15. The van der Waals surface area contributed by atoms with Crippen molar-refractivity contribution in [3.8, 4) is 0 Å². The molecule has 2 aromatic heterocycles. The SMILES string of the molecule is CCN(Cc1ccccc1)C(=O)c1ccc(NCc2cccnc2)cn1. The van der Waals surface area contributed by atoms with E-state index in [-0.39, 0.29) is 5.91 Å². The van der Waals surface area contributed by atoms with Gasteiger partial charge in [0.15, 0.2) is 0 Å². The van der Waals surface area contributed by atoms with E-state index in [4.69, 9.17) is 0 Å². The van der Waals surface area contributed by atoms with Crippen molar-refractivity contribution in [1.29, 1.82) is 0 Å². The van der Waals surface area contributed by atoms with Crippen LogP contribution in [-0.4, -0.2) is 27.3 Å². The van der Waals surface area contributed by atoms with Gasteiger partial charge < -0.3 is 10.2 Å². The second kappa shape index (κ2) is 8.76. The highest BCUT2D eigenvalue weighted by Crippen LogP contribution is 2.12. The van der Waals surface area contributed by atoms with Crippen LogP contribution in [0.4, 0.5) is 5.69 Å². The minimum atomic E-state index is -0.0600. The van der Waals surface area contributed by atoms with Crippen molar-refractivity contribution >= 4 is 11.6 Å². The topological polar surface area (TPSA) is 58.1 Å². The summed E-state index contributed by atoms with van der Waals surface area (Å²) in [4.78, 5) is 22.9. The Morgan fingerprint density at radius 1 is 1.00 bits per heavy atom. The monoisotopic (exact) mass is 346 g/mol. The van der Waals surface area contributed by atoms with Gasteiger partial charge in [0.1, 0.15) is 5.69 Å². The van der Waals surface area contributed by atoms with E-state index in [1.54, 1.807) is 23.4 Å². The predicted octanol–water partition coefficient (Wildman–Crippen LogP) is 3.75. The summed E-state index contributed by atoms with van der Waals surface area (Å²) >= 11 is 0. The van der Waals surface area contributed by atoms with Crippen molar-refractivity contribution in [3.63, 3.8) is 0 Å². The Morgan fingerprint density at radius 2 is 1.81 bits per heavy atom. The summed E-state index contributed by atoms with van der Waals surface area (Å²) in [6.07, 6.45) is 5.27. The summed E-state index contributed by atoms with van der Waals surface area (Å²) in [5.41, 5.74) is 3.52. The van der Waals surface area contributed by atoms with Crippen LogP contribution in [0, 0.1) is 0 Å². The Kier molecular flexibility index (Phi) is 5.93. The molecule has 0 fully saturated rings. The number of anilines is 1. The van der Waals surface area contributed by atoms with Crippen LogP contribution >= 0.6 is 0 Å². The molecule has 0 bridgehead atoms. The zero-order valence-corrected chi connectivity index (χ0v) is 14.8. The molecule has 26 heavy (non-hydrogen) atoms. The van der Waals surface area contributed by atoms with Crippen LogP contribution in [0.1, 0.15) is 28.5 Å². The van der Waals surface area contributed by atoms with Crippen molar-refractivity contribution in [2.24, 2.45) is 0 Å². The fourth-order valence-corrected chi connectivity index (χ4v) is 2.62. The average molecular weight is 346 g/mol. The quantitative estimate of drug-likeness (QED) is 0.708. The van der Waals surface area contributed by atoms with E-state index in [0.29, 0.717) is 25.3 Å². The standard InChI is InChI=1S/C21H22N4O/c1-2-25(16-17-7-4-3-5-8-17)21(26)20-11-10-19(15-24-20)23-14-18-9-6-12-22-13-18/h3-13,15,23H,2,14,16H2,1H3. The van der Waals surface area contributed by atoms with Crippen LogP contribution in [0.25, 0.3) is 0 Å². The first-order chi connectivity index (χ1) is 12.8. The number of benzene rings is 1. The molecule has 1 N–H and O–H groups in total. The largest absolute Gasteiger partial charge is 0.380 e. The van der Waals surface area contributed by atoms with Crippen LogP contribution < -0.4 is 5.32 Å². The van der Waals surface area contributed by atoms with E-state index in [0.717, 1.165) is 16.8 Å². The lowest BCUT2D eigenvalue weighted by Crippen LogP contribution is -2.30. The summed E-state index contributed by atoms with van der Waals surface area (Å²) in [5.74, 6) is -0.0600. The molecule has 1 aromatic carbocycles. The maximum absolute atomic E-state index is 12.7. The Balaban J connectivity index is 1.62. The minimum absolute atomic E-state index is 0.0600. The first-order valence-corrected chi connectivity index (χ1v) is 8.68. The van der Waals surface area contributed by atoms with Gasteiger partial charge in [-0.25, -0.2) is 4.98 Å². The van der Waals surface area contributed by atoms with Crippen LogP contribution in [0.2, 0.25) is 0 Å². The average Bonchev–Trinajstić information content (AvgIpc) is 2.72. The zero-order valence-electron chi connectivity index (χ0n) is 14.8. The number of aromatic nitrogens is 2. The third-order valence-electron chi connectivity index (χ3n) is 4.09. The Morgan fingerprint density at radius 3 is 2.46 bits per heavy atom. The van der Waals surface area contributed by atoms with Crippen molar-refractivity contribution in [2.45, 2.75) is 20.0 Å². The molecule has 0 aliphatic heterocycles. The minimum Gasteiger partial charge on any atom is -0.380 e. The van der Waals surface area contributed by atoms with Crippen LogP contribution in [0.5, 0.6) is 0 Å². The van der Waals surface area contributed by atoms with Gasteiger partial charge >= 0.3 is 0 Å². The number of nitrogens with zero attached hydrogens (tertiary/aromatic N) is 3. The zero-order chi connectivity index (χ0) is 18.2. The Labute approximate surface area is 153 Å². The van der Waals surface area contributed by atoms with Gasteiger partial charge in [-0.05, 0) is 36.2 Å². The fourth-order valence-electron chi connectivity index (χ4n) is 2.62. The van der Waals surface area contributed by atoms with Gasteiger partial charge in [-0.3, -0.25) is 9.78 Å². The van der Waals surface area contributed by atoms with Gasteiger partial charge in [-0.2, -0.15) is 0 Å². The molecule has 5 heteroatoms. The molecular weight excluding hydrogens is 324 g/mol. The number of rotatable bonds is 7. The maximum Gasteiger partial charge on any atom is 0.272 e. The molecule has 3 rings (SSSR count). The normalized spacial score (nSPS) is 10.3. The van der Waals surface area contributed by atoms with E-state index in [1.165, 1.54) is 0 Å². The third-order valence-corrected chi connectivity index (χ3v) is 4.09. The van der Waals surface area contributed by atoms with E-state index < -0.39 is 0 Å². The van der Waals surface area contributed by atoms with Gasteiger partial charge in [-0.15, -0.1) is 0 Å². The first-order valence-electron chi connectivity index (χ1n) is 8.68. The van der Waals surface area contributed by atoms with E-state index in [9.17, 15) is 4.79 Å². The Hall–Kier alpha value is -3.21. The summed E-state index contributed by atoms with van der Waals surface area (Å²) in [6, 6.07) is 17.5. The molecule has 132 valence electrons. The third kappa shape index (κ3) is 4.66. The summed E-state index contributed by atoms with van der Waals surface area (Å²) in [6.45, 7) is 3.86. The predicted molar refractivity (Wildman–Crippen MR) is 103 cm³/mol. The fraction of sp³-hybridized carbons (Fsp3) is 0.190. The van der Waals surface area contributed by atoms with E-state index in [1.807, 2.05) is 61.7 Å². The molecule has 2 heterocycles. The lowest BCUT2D eigenvalue weighted by atomic mass is 10.2. The molecule has 3 aromatic rings. The summed E-state index contributed by atoms with van der Waals surface area (Å²) < 4.78 is 0.